The van der Waals surface area contributed by atoms with Crippen LogP contribution in [-0.4, -0.2) is 85.8 Å². The molecular formula is C25H34N8O2. The van der Waals surface area contributed by atoms with Gasteiger partial charge in [-0.2, -0.15) is 5.10 Å². The van der Waals surface area contributed by atoms with E-state index in [-0.39, 0.29) is 11.9 Å². The van der Waals surface area contributed by atoms with Gasteiger partial charge in [-0.3, -0.25) is 14.8 Å². The van der Waals surface area contributed by atoms with Crippen LogP contribution in [0, 0.1) is 6.92 Å². The first kappa shape index (κ1) is 23.5. The molecule has 0 bridgehead atoms. The van der Waals surface area contributed by atoms with Crippen molar-refractivity contribution in [2.24, 2.45) is 0 Å². The van der Waals surface area contributed by atoms with Gasteiger partial charge in [0.1, 0.15) is 16.9 Å². The van der Waals surface area contributed by atoms with E-state index in [1.54, 1.807) is 6.92 Å². The van der Waals surface area contributed by atoms with Crippen molar-refractivity contribution in [3.63, 3.8) is 0 Å². The molecule has 5 rings (SSSR count). The first-order valence-electron chi connectivity index (χ1n) is 12.4. The van der Waals surface area contributed by atoms with Crippen molar-refractivity contribution in [3.05, 3.63) is 41.2 Å². The molecule has 4 N–H and O–H groups in total. The number of aliphatic hydroxyl groups is 1. The molecule has 3 aromatic rings. The number of nitrogens with zero attached hydrogens (tertiary/aromatic N) is 5. The first-order valence-corrected chi connectivity index (χ1v) is 12.4. The summed E-state index contributed by atoms with van der Waals surface area (Å²) in [6.45, 7) is 7.77. The highest BCUT2D eigenvalue weighted by Crippen LogP contribution is 2.26. The number of hydrogen-bond donors (Lipinski definition) is 4. The molecule has 1 fully saturated rings. The Bertz CT molecular complexity index is 1190. The molecule has 1 aromatic carbocycles. The van der Waals surface area contributed by atoms with Crippen LogP contribution in [0.4, 0.5) is 11.6 Å². The van der Waals surface area contributed by atoms with E-state index in [4.69, 9.17) is 0 Å². The Kier molecular flexibility index (Phi) is 6.83. The van der Waals surface area contributed by atoms with Gasteiger partial charge >= 0.3 is 0 Å². The lowest BCUT2D eigenvalue weighted by molar-refractivity contribution is -0.129. The van der Waals surface area contributed by atoms with Crippen molar-refractivity contribution in [1.82, 2.24) is 30.0 Å². The first-order chi connectivity index (χ1) is 17.0. The number of hydrogen-bond acceptors (Lipinski definition) is 8. The van der Waals surface area contributed by atoms with Crippen LogP contribution in [0.15, 0.2) is 24.3 Å². The van der Waals surface area contributed by atoms with E-state index in [9.17, 15) is 9.90 Å². The summed E-state index contributed by atoms with van der Waals surface area (Å²) in [6.07, 6.45) is 2.23. The van der Waals surface area contributed by atoms with E-state index in [1.165, 1.54) is 11.1 Å². The summed E-state index contributed by atoms with van der Waals surface area (Å²) >= 11 is 0. The number of benzene rings is 1. The van der Waals surface area contributed by atoms with Gasteiger partial charge in [-0.15, -0.1) is 0 Å². The predicted molar refractivity (Wildman–Crippen MR) is 135 cm³/mol. The summed E-state index contributed by atoms with van der Waals surface area (Å²) in [7, 11) is 0. The van der Waals surface area contributed by atoms with E-state index < -0.39 is 6.10 Å². The van der Waals surface area contributed by atoms with Gasteiger partial charge < -0.3 is 20.6 Å². The van der Waals surface area contributed by atoms with E-state index in [0.29, 0.717) is 30.2 Å². The van der Waals surface area contributed by atoms with E-state index in [2.05, 4.69) is 60.0 Å². The lowest BCUT2D eigenvalue weighted by Crippen LogP contribution is -2.41. The molecule has 2 aliphatic heterocycles. The van der Waals surface area contributed by atoms with Crippen LogP contribution >= 0.6 is 0 Å². The average Bonchev–Trinajstić information content (AvgIpc) is 3.26. The lowest BCUT2D eigenvalue weighted by atomic mass is 10.00. The minimum absolute atomic E-state index is 0.125. The molecule has 1 atom stereocenters. The summed E-state index contributed by atoms with van der Waals surface area (Å²) in [5.74, 6) is 2.11. The van der Waals surface area contributed by atoms with Crippen LogP contribution in [-0.2, 0) is 17.8 Å². The second kappa shape index (κ2) is 10.2. The Hall–Kier alpha value is -3.24. The number of aryl methyl sites for hydroxylation is 1. The van der Waals surface area contributed by atoms with Gasteiger partial charge in [0.2, 0.25) is 5.91 Å². The van der Waals surface area contributed by atoms with Crippen LogP contribution < -0.4 is 10.6 Å². The summed E-state index contributed by atoms with van der Waals surface area (Å²) in [4.78, 5) is 25.0. The van der Waals surface area contributed by atoms with Crippen LogP contribution in [0.25, 0.3) is 11.0 Å². The third-order valence-corrected chi connectivity index (χ3v) is 6.99. The summed E-state index contributed by atoms with van der Waals surface area (Å²) < 4.78 is 0. The maximum Gasteiger partial charge on any atom is 0.219 e. The maximum atomic E-state index is 11.6. The molecule has 0 saturated carbocycles. The fraction of sp³-hybridized carbons (Fsp3) is 0.520. The topological polar surface area (TPSA) is 122 Å². The fourth-order valence-electron chi connectivity index (χ4n) is 5.06. The number of aromatic amines is 1. The zero-order valence-electron chi connectivity index (χ0n) is 20.4. The molecule has 10 heteroatoms. The van der Waals surface area contributed by atoms with Crippen LogP contribution in [0.2, 0.25) is 0 Å². The number of aromatic nitrogens is 4. The van der Waals surface area contributed by atoms with Gasteiger partial charge in [0.05, 0.1) is 6.10 Å². The molecule has 2 aliphatic rings. The van der Waals surface area contributed by atoms with Gasteiger partial charge in [-0.1, -0.05) is 24.3 Å². The second-order valence-electron chi connectivity index (χ2n) is 9.63. The summed E-state index contributed by atoms with van der Waals surface area (Å²) in [6, 6.07) is 8.76. The fourth-order valence-corrected chi connectivity index (χ4v) is 5.06. The minimum Gasteiger partial charge on any atom is -0.390 e. The molecule has 10 nitrogen and oxygen atoms in total. The molecule has 1 saturated heterocycles. The third-order valence-electron chi connectivity index (χ3n) is 6.99. The summed E-state index contributed by atoms with van der Waals surface area (Å²) in [5.41, 5.74) is 4.20. The number of nitrogens with one attached hydrogen (secondary N) is 3. The van der Waals surface area contributed by atoms with Crippen LogP contribution in [0.5, 0.6) is 0 Å². The Morgan fingerprint density at radius 3 is 2.71 bits per heavy atom. The highest BCUT2D eigenvalue weighted by atomic mass is 16.3. The van der Waals surface area contributed by atoms with Crippen molar-refractivity contribution < 1.29 is 9.90 Å². The highest BCUT2D eigenvalue weighted by molar-refractivity contribution is 5.93. The van der Waals surface area contributed by atoms with Gasteiger partial charge in [0.15, 0.2) is 11.6 Å². The SMILES string of the molecule is CC(=O)N1CCC(Nc2nc(C)nc3c(NC[C@@H](O)CN4CCc5ccccc5C4)n[nH]c23)CC1. The van der Waals surface area contributed by atoms with Gasteiger partial charge in [-0.25, -0.2) is 9.97 Å². The van der Waals surface area contributed by atoms with Crippen LogP contribution in [0.3, 0.4) is 0 Å². The molecule has 4 heterocycles. The number of amides is 1. The lowest BCUT2D eigenvalue weighted by Gasteiger charge is -2.32. The maximum absolute atomic E-state index is 11.6. The van der Waals surface area contributed by atoms with Gasteiger partial charge in [-0.05, 0) is 37.3 Å². The molecular weight excluding hydrogens is 444 g/mol. The molecule has 1 amide bonds. The van der Waals surface area contributed by atoms with Gasteiger partial charge in [0, 0.05) is 52.2 Å². The molecule has 0 spiro atoms. The Morgan fingerprint density at radius 2 is 1.94 bits per heavy atom. The van der Waals surface area contributed by atoms with Crippen molar-refractivity contribution in [2.45, 2.75) is 51.8 Å². The summed E-state index contributed by atoms with van der Waals surface area (Å²) in [5, 5.41) is 25.0. The zero-order chi connectivity index (χ0) is 24.4. The largest absolute Gasteiger partial charge is 0.390 e. The predicted octanol–water partition coefficient (Wildman–Crippen LogP) is 1.92. The smallest absolute Gasteiger partial charge is 0.219 e. The number of fused-ring (bicyclic) bond motifs is 2. The average molecular weight is 479 g/mol. The number of likely N-dealkylation sites (tertiary alicyclic amines) is 1. The van der Waals surface area contributed by atoms with Crippen molar-refractivity contribution >= 4 is 28.6 Å². The van der Waals surface area contributed by atoms with Crippen LogP contribution in [0.1, 0.15) is 36.7 Å². The third kappa shape index (κ3) is 5.38. The van der Waals surface area contributed by atoms with Crippen molar-refractivity contribution in [3.8, 4) is 0 Å². The Morgan fingerprint density at radius 1 is 1.17 bits per heavy atom. The van der Waals surface area contributed by atoms with E-state index in [0.717, 1.165) is 56.8 Å². The molecule has 0 unspecified atom stereocenters. The van der Waals surface area contributed by atoms with Crippen molar-refractivity contribution in [2.75, 3.05) is 43.4 Å². The van der Waals surface area contributed by atoms with E-state index in [1.807, 2.05) is 11.8 Å². The monoisotopic (exact) mass is 478 g/mol. The second-order valence-corrected chi connectivity index (χ2v) is 9.63. The number of piperidine rings is 1. The van der Waals surface area contributed by atoms with Gasteiger partial charge in [0.25, 0.3) is 0 Å². The number of carbonyl (C=O) groups excluding carboxylic acids is 1. The number of β-amino-alcohol motifs (C(OH)–C–C–N with tert-alkyl or cyclic N) is 1. The zero-order valence-corrected chi connectivity index (χ0v) is 20.4. The van der Waals surface area contributed by atoms with E-state index >= 15 is 0 Å². The molecule has 0 aliphatic carbocycles. The number of carbonyl (C=O) groups is 1. The van der Waals surface area contributed by atoms with Crippen molar-refractivity contribution in [1.29, 1.82) is 0 Å². The molecule has 186 valence electrons. The quantitative estimate of drug-likeness (QED) is 0.406. The minimum atomic E-state index is -0.529. The number of H-pyrrole nitrogens is 1. The molecule has 35 heavy (non-hydrogen) atoms. The Labute approximate surface area is 205 Å². The number of aliphatic hydroxyl groups excluding tert-OH is 1. The normalized spacial score (nSPS) is 17.9. The number of rotatable bonds is 7. The highest BCUT2D eigenvalue weighted by Gasteiger charge is 2.23. The Balaban J connectivity index is 1.20. The molecule has 2 aromatic heterocycles. The standard InChI is InChI=1S/C25H34N8O2/c1-16-27-22-23(25(28-16)29-20-8-11-33(12-9-20)17(2)34)30-31-24(22)26-13-21(35)15-32-10-7-18-5-3-4-6-19(18)14-32/h3-6,20-21,35H,7-15H2,1-2H3,(H2,26,30,31)(H,27,28,29)/t21-/m1/s1. The number of anilines is 2. The molecule has 0 radical (unpaired) electrons.